The Kier molecular flexibility index (Phi) is 8.77. The molecule has 0 amide bonds. The van der Waals surface area contributed by atoms with E-state index in [4.69, 9.17) is 34.8 Å². The number of pyridine rings is 1. The van der Waals surface area contributed by atoms with Crippen molar-refractivity contribution in [3.8, 4) is 22.4 Å². The number of nitrogens with zero attached hydrogens (tertiary/aromatic N) is 4. The molecule has 5 rings (SSSR count). The molecule has 4 aromatic rings. The first kappa shape index (κ1) is 29.5. The maximum atomic E-state index is 15.3. The fraction of sp³-hybridized carbons (Fsp3) is 0.233. The monoisotopic (exact) mass is 611 g/mol. The molecule has 2 aromatic heterocycles. The van der Waals surface area contributed by atoms with Crippen LogP contribution in [0.2, 0.25) is 5.02 Å². The molecule has 0 saturated heterocycles. The van der Waals surface area contributed by atoms with Gasteiger partial charge < -0.3 is 11.1 Å². The molecule has 0 spiro atoms. The number of hydrazine groups is 1. The van der Waals surface area contributed by atoms with Gasteiger partial charge in [-0.2, -0.15) is 0 Å². The Balaban J connectivity index is 1.61. The molecule has 2 unspecified atom stereocenters. The van der Waals surface area contributed by atoms with E-state index in [-0.39, 0.29) is 32.9 Å². The number of aromatic nitrogens is 3. The minimum Gasteiger partial charge on any atom is -0.388 e. The van der Waals surface area contributed by atoms with Crippen molar-refractivity contribution < 1.29 is 8.78 Å². The topological polar surface area (TPSA) is 115 Å². The number of benzene rings is 2. The molecule has 2 bridgehead atoms. The summed E-state index contributed by atoms with van der Waals surface area (Å²) >= 11 is 11.8. The fourth-order valence-corrected chi connectivity index (χ4v) is 5.43. The summed E-state index contributed by atoms with van der Waals surface area (Å²) in [4.78, 5) is 22.7. The highest BCUT2D eigenvalue weighted by atomic mass is 35.5. The molecule has 12 heteroatoms. The van der Waals surface area contributed by atoms with Crippen LogP contribution in [0.4, 0.5) is 20.2 Å². The van der Waals surface area contributed by atoms with Crippen LogP contribution in [0, 0.1) is 17.6 Å². The van der Waals surface area contributed by atoms with Crippen LogP contribution in [-0.2, 0) is 0 Å². The molecule has 1 aliphatic heterocycles. The second-order valence-corrected chi connectivity index (χ2v) is 11.1. The van der Waals surface area contributed by atoms with Crippen LogP contribution >= 0.6 is 23.2 Å². The normalized spacial score (nSPS) is 17.4. The van der Waals surface area contributed by atoms with E-state index >= 15 is 4.39 Å². The molecule has 0 saturated carbocycles. The third-order valence-electron chi connectivity index (χ3n) is 7.27. The van der Waals surface area contributed by atoms with E-state index in [0.29, 0.717) is 30.1 Å². The summed E-state index contributed by atoms with van der Waals surface area (Å²) in [6.45, 7) is 2.86. The van der Waals surface area contributed by atoms with E-state index in [2.05, 4.69) is 22.2 Å². The largest absolute Gasteiger partial charge is 0.388 e. The number of nitrogens with two attached hydrogens (primary N) is 2. The molecule has 42 heavy (non-hydrogen) atoms. The summed E-state index contributed by atoms with van der Waals surface area (Å²) in [5, 5.41) is 4.18. The van der Waals surface area contributed by atoms with E-state index in [1.165, 1.54) is 47.4 Å². The van der Waals surface area contributed by atoms with Gasteiger partial charge in [0.2, 0.25) is 0 Å². The number of fused-ring (bicyclic) bond motifs is 4. The Hall–Kier alpha value is -3.99. The molecule has 0 aliphatic carbocycles. The molecule has 8 nitrogen and oxygen atoms in total. The van der Waals surface area contributed by atoms with Gasteiger partial charge in [-0.3, -0.25) is 19.4 Å². The Bertz CT molecular complexity index is 1710. The summed E-state index contributed by atoms with van der Waals surface area (Å²) in [5.41, 5.74) is 8.12. The van der Waals surface area contributed by atoms with Gasteiger partial charge in [0.1, 0.15) is 11.0 Å². The third kappa shape index (κ3) is 6.25. The Morgan fingerprint density at radius 1 is 1.14 bits per heavy atom. The molecule has 5 N–H and O–H groups in total. The number of rotatable bonds is 4. The molecular formula is C30H29Cl2F2N7O. The molecule has 2 aromatic carbocycles. The summed E-state index contributed by atoms with van der Waals surface area (Å²) in [6, 6.07) is 11.9. The standard InChI is InChI=1S/C30H29Cl2F2N7O/c1-17-3-2-4-25(23-11-18(9-10-37-23)20-12-19(33)5-7-22(20)38-14-17)40-16-39-24(13-28(40)42)29-26(41(36)15-27(32)35)8-6-21(31)30(29)34/h5-13,15-17,25,38H,2-4,14,35-36H2,1H3/b27-15-. The van der Waals surface area contributed by atoms with Crippen LogP contribution in [0.15, 0.2) is 77.2 Å². The first-order valence-electron chi connectivity index (χ1n) is 13.4. The second-order valence-electron chi connectivity index (χ2n) is 10.3. The van der Waals surface area contributed by atoms with Crippen molar-refractivity contribution in [3.63, 3.8) is 0 Å². The lowest BCUT2D eigenvalue weighted by atomic mass is 9.95. The molecule has 3 heterocycles. The van der Waals surface area contributed by atoms with Gasteiger partial charge in [-0.05, 0) is 66.8 Å². The zero-order chi connectivity index (χ0) is 30.0. The van der Waals surface area contributed by atoms with Crippen molar-refractivity contribution in [2.75, 3.05) is 16.9 Å². The number of anilines is 2. The minimum absolute atomic E-state index is 0.0298. The van der Waals surface area contributed by atoms with Gasteiger partial charge in [-0.25, -0.2) is 19.6 Å². The average molecular weight is 613 g/mol. The maximum Gasteiger partial charge on any atom is 0.254 e. The molecule has 0 radical (unpaired) electrons. The lowest BCUT2D eigenvalue weighted by Gasteiger charge is -2.23. The Labute approximate surface area is 251 Å². The highest BCUT2D eigenvalue weighted by Gasteiger charge is 2.23. The summed E-state index contributed by atoms with van der Waals surface area (Å²) in [5.74, 6) is 5.22. The molecule has 218 valence electrons. The van der Waals surface area contributed by atoms with E-state index in [0.717, 1.165) is 29.1 Å². The number of nitrogens with one attached hydrogen (secondary N) is 1. The van der Waals surface area contributed by atoms with Crippen LogP contribution in [0.25, 0.3) is 22.4 Å². The summed E-state index contributed by atoms with van der Waals surface area (Å²) < 4.78 is 31.1. The predicted molar refractivity (Wildman–Crippen MR) is 163 cm³/mol. The molecule has 0 fully saturated rings. The van der Waals surface area contributed by atoms with Gasteiger partial charge in [0.25, 0.3) is 5.56 Å². The molecule has 2 atom stereocenters. The van der Waals surface area contributed by atoms with Crippen molar-refractivity contribution in [3.05, 3.63) is 105 Å². The van der Waals surface area contributed by atoms with Gasteiger partial charge in [-0.1, -0.05) is 36.5 Å². The number of hydrogen-bond donors (Lipinski definition) is 3. The molecule has 1 aliphatic rings. The third-order valence-corrected chi connectivity index (χ3v) is 7.66. The highest BCUT2D eigenvalue weighted by molar-refractivity contribution is 6.31. The Morgan fingerprint density at radius 2 is 1.95 bits per heavy atom. The van der Waals surface area contributed by atoms with Gasteiger partial charge in [0.15, 0.2) is 5.82 Å². The summed E-state index contributed by atoms with van der Waals surface area (Å²) in [6.07, 6.45) is 6.51. The smallest absolute Gasteiger partial charge is 0.254 e. The van der Waals surface area contributed by atoms with Crippen molar-refractivity contribution in [2.45, 2.75) is 32.2 Å². The molecular weight excluding hydrogens is 583 g/mol. The van der Waals surface area contributed by atoms with Crippen LogP contribution in [0.3, 0.4) is 0 Å². The fourth-order valence-electron chi connectivity index (χ4n) is 5.17. The van der Waals surface area contributed by atoms with Crippen LogP contribution in [-0.4, -0.2) is 21.1 Å². The van der Waals surface area contributed by atoms with Crippen LogP contribution < -0.4 is 27.5 Å². The van der Waals surface area contributed by atoms with Crippen molar-refractivity contribution >= 4 is 34.6 Å². The van der Waals surface area contributed by atoms with Gasteiger partial charge >= 0.3 is 0 Å². The summed E-state index contributed by atoms with van der Waals surface area (Å²) in [7, 11) is 0. The zero-order valence-corrected chi connectivity index (χ0v) is 24.2. The van der Waals surface area contributed by atoms with Crippen molar-refractivity contribution in [2.24, 2.45) is 17.5 Å². The average Bonchev–Trinajstić information content (AvgIpc) is 2.95. The SMILES string of the molecule is CC1CCCC(n2cnc(-c3c(N(N)/C=C(\N)Cl)ccc(Cl)c3F)cc2=O)c2cc(ccn2)-c2cc(F)ccc2NC1. The van der Waals surface area contributed by atoms with E-state index < -0.39 is 17.4 Å². The first-order valence-corrected chi connectivity index (χ1v) is 14.1. The lowest BCUT2D eigenvalue weighted by Crippen LogP contribution is -2.28. The number of halogens is 4. The maximum absolute atomic E-state index is 15.3. The van der Waals surface area contributed by atoms with Gasteiger partial charge in [0.05, 0.1) is 46.2 Å². The minimum atomic E-state index is -0.801. The first-order chi connectivity index (χ1) is 20.1. The second kappa shape index (κ2) is 12.5. The van der Waals surface area contributed by atoms with Crippen LogP contribution in [0.5, 0.6) is 0 Å². The van der Waals surface area contributed by atoms with Crippen molar-refractivity contribution in [1.29, 1.82) is 0 Å². The zero-order valence-electron chi connectivity index (χ0n) is 22.7. The van der Waals surface area contributed by atoms with Crippen LogP contribution in [0.1, 0.15) is 37.9 Å². The predicted octanol–water partition coefficient (Wildman–Crippen LogP) is 6.40. The van der Waals surface area contributed by atoms with Gasteiger partial charge in [0, 0.05) is 30.1 Å². The van der Waals surface area contributed by atoms with E-state index in [1.807, 2.05) is 12.1 Å². The lowest BCUT2D eigenvalue weighted by molar-refractivity contribution is 0.443. The highest BCUT2D eigenvalue weighted by Crippen LogP contribution is 2.36. The Morgan fingerprint density at radius 3 is 2.71 bits per heavy atom. The van der Waals surface area contributed by atoms with E-state index in [1.54, 1.807) is 12.3 Å². The number of hydrogen-bond acceptors (Lipinski definition) is 7. The van der Waals surface area contributed by atoms with Crippen molar-refractivity contribution in [1.82, 2.24) is 14.5 Å². The van der Waals surface area contributed by atoms with Gasteiger partial charge in [-0.15, -0.1) is 0 Å². The quantitative estimate of drug-likeness (QED) is 0.139. The van der Waals surface area contributed by atoms with E-state index in [9.17, 15) is 9.18 Å².